The van der Waals surface area contributed by atoms with E-state index in [1.54, 1.807) is 24.3 Å². The van der Waals surface area contributed by atoms with Crippen LogP contribution in [-0.4, -0.2) is 19.1 Å². The Hall–Kier alpha value is -3.25. The lowest BCUT2D eigenvalue weighted by molar-refractivity contribution is -0.115. The molecule has 2 N–H and O–H groups in total. The third-order valence-corrected chi connectivity index (χ3v) is 5.19. The van der Waals surface area contributed by atoms with E-state index in [1.165, 1.54) is 18.9 Å². The Morgan fingerprint density at radius 1 is 0.786 bits per heavy atom. The van der Waals surface area contributed by atoms with E-state index >= 15 is 0 Å². The van der Waals surface area contributed by atoms with Crippen LogP contribution in [0, 0.1) is 0 Å². The molecule has 0 saturated heterocycles. The molecule has 5 nitrogen and oxygen atoms in total. The van der Waals surface area contributed by atoms with Crippen molar-refractivity contribution >= 4 is 35.1 Å². The lowest BCUT2D eigenvalue weighted by atomic mass is 10.1. The molecule has 2 amide bonds. The number of rotatable bonds is 6. The van der Waals surface area contributed by atoms with Crippen LogP contribution >= 0.6 is 11.8 Å². The molecule has 0 heterocycles. The van der Waals surface area contributed by atoms with Gasteiger partial charge in [0.05, 0.1) is 7.11 Å². The van der Waals surface area contributed by atoms with Crippen molar-refractivity contribution in [3.63, 3.8) is 0 Å². The Labute approximate surface area is 168 Å². The molecular weight excluding hydrogens is 372 g/mol. The molecule has 0 aliphatic carbocycles. The Morgan fingerprint density at radius 2 is 1.32 bits per heavy atom. The van der Waals surface area contributed by atoms with Gasteiger partial charge in [0.2, 0.25) is 5.91 Å². The van der Waals surface area contributed by atoms with Gasteiger partial charge in [0, 0.05) is 16.3 Å². The average Bonchev–Trinajstić information content (AvgIpc) is 2.74. The monoisotopic (exact) mass is 392 g/mol. The maximum Gasteiger partial charge on any atom is 0.411 e. The summed E-state index contributed by atoms with van der Waals surface area (Å²) in [6, 6.07) is 26.4. The highest BCUT2D eigenvalue weighted by molar-refractivity contribution is 8.00. The van der Waals surface area contributed by atoms with Crippen LogP contribution in [0.4, 0.5) is 16.2 Å². The van der Waals surface area contributed by atoms with Gasteiger partial charge in [-0.05, 0) is 42.0 Å². The van der Waals surface area contributed by atoms with E-state index in [2.05, 4.69) is 15.4 Å². The van der Waals surface area contributed by atoms with Crippen molar-refractivity contribution in [3.05, 3.63) is 90.5 Å². The topological polar surface area (TPSA) is 67.4 Å². The lowest BCUT2D eigenvalue weighted by Gasteiger charge is -2.17. The minimum atomic E-state index is -0.541. The van der Waals surface area contributed by atoms with Crippen LogP contribution < -0.4 is 10.6 Å². The van der Waals surface area contributed by atoms with Crippen molar-refractivity contribution in [1.82, 2.24) is 0 Å². The fraction of sp³-hybridized carbons (Fsp3) is 0.0909. The highest BCUT2D eigenvalue weighted by Gasteiger charge is 2.22. The number of hydrogen-bond donors (Lipinski definition) is 2. The summed E-state index contributed by atoms with van der Waals surface area (Å²) >= 11 is 1.50. The number of thioether (sulfide) groups is 1. The molecule has 0 aromatic heterocycles. The van der Waals surface area contributed by atoms with E-state index in [1.807, 2.05) is 60.7 Å². The normalized spacial score (nSPS) is 11.3. The number of methoxy groups -OCH3 is 1. The number of hydrogen-bond acceptors (Lipinski definition) is 4. The highest BCUT2D eigenvalue weighted by atomic mass is 32.2. The summed E-state index contributed by atoms with van der Waals surface area (Å²) in [5.74, 6) is -0.117. The molecule has 3 aromatic rings. The first-order chi connectivity index (χ1) is 13.7. The maximum absolute atomic E-state index is 13.0. The molecule has 28 heavy (non-hydrogen) atoms. The summed E-state index contributed by atoms with van der Waals surface area (Å²) in [7, 11) is 1.30. The molecule has 0 saturated carbocycles. The molecule has 0 fully saturated rings. The lowest BCUT2D eigenvalue weighted by Crippen LogP contribution is -2.19. The number of anilines is 2. The van der Waals surface area contributed by atoms with Crippen molar-refractivity contribution in [1.29, 1.82) is 0 Å². The van der Waals surface area contributed by atoms with Crippen LogP contribution in [0.5, 0.6) is 0 Å². The molecule has 0 bridgehead atoms. The number of amides is 2. The Kier molecular flexibility index (Phi) is 6.70. The van der Waals surface area contributed by atoms with E-state index in [9.17, 15) is 9.59 Å². The second-order valence-electron chi connectivity index (χ2n) is 5.90. The van der Waals surface area contributed by atoms with Crippen molar-refractivity contribution in [2.45, 2.75) is 10.1 Å². The third-order valence-electron chi connectivity index (χ3n) is 3.92. The zero-order chi connectivity index (χ0) is 19.8. The molecule has 1 unspecified atom stereocenters. The molecule has 6 heteroatoms. The Morgan fingerprint density at radius 3 is 1.89 bits per heavy atom. The first-order valence-electron chi connectivity index (χ1n) is 8.68. The van der Waals surface area contributed by atoms with Gasteiger partial charge in [-0.3, -0.25) is 10.1 Å². The zero-order valence-electron chi connectivity index (χ0n) is 15.3. The number of nitrogens with one attached hydrogen (secondary N) is 2. The minimum absolute atomic E-state index is 0.117. The largest absolute Gasteiger partial charge is 0.453 e. The van der Waals surface area contributed by atoms with Crippen LogP contribution in [-0.2, 0) is 9.53 Å². The summed E-state index contributed by atoms with van der Waals surface area (Å²) in [6.45, 7) is 0. The SMILES string of the molecule is COC(=O)Nc1ccc(NC(=O)C(Sc2ccccc2)c2ccccc2)cc1. The molecule has 3 aromatic carbocycles. The second kappa shape index (κ2) is 9.62. The molecule has 3 rings (SSSR count). The van der Waals surface area contributed by atoms with E-state index in [0.29, 0.717) is 11.4 Å². The molecular formula is C22H20N2O3S. The van der Waals surface area contributed by atoms with Crippen molar-refractivity contribution in [2.24, 2.45) is 0 Å². The predicted molar refractivity (Wildman–Crippen MR) is 113 cm³/mol. The fourth-order valence-corrected chi connectivity index (χ4v) is 3.60. The second-order valence-corrected chi connectivity index (χ2v) is 7.08. The Balaban J connectivity index is 1.75. The third kappa shape index (κ3) is 5.37. The molecule has 142 valence electrons. The number of benzene rings is 3. The van der Waals surface area contributed by atoms with Gasteiger partial charge in [0.15, 0.2) is 0 Å². The first-order valence-corrected chi connectivity index (χ1v) is 9.56. The molecule has 0 aliphatic heterocycles. The van der Waals surface area contributed by atoms with Crippen LogP contribution in [0.1, 0.15) is 10.8 Å². The van der Waals surface area contributed by atoms with Gasteiger partial charge in [-0.15, -0.1) is 11.8 Å². The minimum Gasteiger partial charge on any atom is -0.453 e. The molecule has 0 aliphatic rings. The standard InChI is InChI=1S/C22H20N2O3S/c1-27-22(26)24-18-14-12-17(13-15-18)23-21(25)20(16-8-4-2-5-9-16)28-19-10-6-3-7-11-19/h2-15,20H,1H3,(H,23,25)(H,24,26). The quantitative estimate of drug-likeness (QED) is 0.556. The van der Waals surface area contributed by atoms with Gasteiger partial charge in [-0.2, -0.15) is 0 Å². The zero-order valence-corrected chi connectivity index (χ0v) is 16.1. The summed E-state index contributed by atoms with van der Waals surface area (Å²) in [5, 5.41) is 5.13. The number of ether oxygens (including phenoxy) is 1. The van der Waals surface area contributed by atoms with Gasteiger partial charge < -0.3 is 10.1 Å². The summed E-state index contributed by atoms with van der Waals surface area (Å²) < 4.78 is 4.56. The first kappa shape index (κ1) is 19.5. The van der Waals surface area contributed by atoms with Crippen molar-refractivity contribution < 1.29 is 14.3 Å². The fourth-order valence-electron chi connectivity index (χ4n) is 2.55. The maximum atomic E-state index is 13.0. The summed E-state index contributed by atoms with van der Waals surface area (Å²) in [4.78, 5) is 25.3. The van der Waals surface area contributed by atoms with Crippen molar-refractivity contribution in [2.75, 3.05) is 17.7 Å². The van der Waals surface area contributed by atoms with Crippen LogP contribution in [0.25, 0.3) is 0 Å². The smallest absolute Gasteiger partial charge is 0.411 e. The number of carbonyl (C=O) groups is 2. The van der Waals surface area contributed by atoms with Gasteiger partial charge >= 0.3 is 6.09 Å². The van der Waals surface area contributed by atoms with E-state index in [4.69, 9.17) is 0 Å². The van der Waals surface area contributed by atoms with Crippen LogP contribution in [0.15, 0.2) is 89.8 Å². The number of carbonyl (C=O) groups excluding carboxylic acids is 2. The molecule has 1 atom stereocenters. The average molecular weight is 392 g/mol. The van der Waals surface area contributed by atoms with Gasteiger partial charge in [-0.1, -0.05) is 48.5 Å². The van der Waals surface area contributed by atoms with Gasteiger partial charge in [0.1, 0.15) is 5.25 Å². The summed E-state index contributed by atoms with van der Waals surface area (Å²) in [5.41, 5.74) is 2.16. The van der Waals surface area contributed by atoms with E-state index < -0.39 is 11.3 Å². The molecule has 0 spiro atoms. The van der Waals surface area contributed by atoms with Gasteiger partial charge in [0.25, 0.3) is 0 Å². The molecule has 0 radical (unpaired) electrons. The highest BCUT2D eigenvalue weighted by Crippen LogP contribution is 2.36. The van der Waals surface area contributed by atoms with Crippen LogP contribution in [0.2, 0.25) is 0 Å². The predicted octanol–water partition coefficient (Wildman–Crippen LogP) is 5.34. The van der Waals surface area contributed by atoms with Gasteiger partial charge in [-0.25, -0.2) is 4.79 Å². The van der Waals surface area contributed by atoms with Crippen LogP contribution in [0.3, 0.4) is 0 Å². The van der Waals surface area contributed by atoms with E-state index in [-0.39, 0.29) is 5.91 Å². The Bertz CT molecular complexity index is 916. The summed E-state index contributed by atoms with van der Waals surface area (Å²) in [6.07, 6.45) is -0.541. The van der Waals surface area contributed by atoms with Crippen molar-refractivity contribution in [3.8, 4) is 0 Å². The van der Waals surface area contributed by atoms with E-state index in [0.717, 1.165) is 10.5 Å².